The molecule has 1 rings (SSSR count). The van der Waals surface area contributed by atoms with Gasteiger partial charge in [0.2, 0.25) is 0 Å². The third kappa shape index (κ3) is 4.65. The van der Waals surface area contributed by atoms with Gasteiger partial charge in [0.15, 0.2) is 0 Å². The van der Waals surface area contributed by atoms with E-state index in [4.69, 9.17) is 9.84 Å². The number of carboxylic acid groups (broad SMARTS) is 1. The lowest BCUT2D eigenvalue weighted by molar-refractivity contribution is 0.0696. The molecule has 0 aliphatic carbocycles. The third-order valence-electron chi connectivity index (χ3n) is 3.28. The predicted molar refractivity (Wildman–Crippen MR) is 75.6 cm³/mol. The molecule has 0 radical (unpaired) electrons. The van der Waals surface area contributed by atoms with Crippen LogP contribution in [0.3, 0.4) is 0 Å². The molecule has 0 atom stereocenters. The van der Waals surface area contributed by atoms with E-state index < -0.39 is 5.97 Å². The average molecular weight is 265 g/mol. The minimum atomic E-state index is -0.880. The predicted octanol–water partition coefficient (Wildman–Crippen LogP) is 2.55. The lowest BCUT2D eigenvalue weighted by Crippen LogP contribution is -2.33. The molecule has 4 nitrogen and oxygen atoms in total. The molecule has 0 saturated carbocycles. The molecule has 0 bridgehead atoms. The van der Waals surface area contributed by atoms with E-state index in [1.165, 1.54) is 0 Å². The smallest absolute Gasteiger partial charge is 0.335 e. The second-order valence-corrected chi connectivity index (χ2v) is 5.00. The second kappa shape index (κ2) is 7.26. The summed E-state index contributed by atoms with van der Waals surface area (Å²) in [7, 11) is 1.70. The number of hydrogen-bond donors (Lipinski definition) is 1. The highest BCUT2D eigenvalue weighted by atomic mass is 16.5. The number of ether oxygens (including phenoxy) is 1. The molecule has 4 heteroatoms. The quantitative estimate of drug-likeness (QED) is 0.823. The van der Waals surface area contributed by atoms with Gasteiger partial charge in [-0.2, -0.15) is 0 Å². The normalized spacial score (nSPS) is 11.3. The summed E-state index contributed by atoms with van der Waals surface area (Å²) in [5, 5.41) is 8.96. The van der Waals surface area contributed by atoms with Crippen LogP contribution >= 0.6 is 0 Å². The minimum Gasteiger partial charge on any atom is -0.478 e. The summed E-state index contributed by atoms with van der Waals surface area (Å²) >= 11 is 0. The lowest BCUT2D eigenvalue weighted by Gasteiger charge is -2.27. The molecule has 0 aliphatic heterocycles. The van der Waals surface area contributed by atoms with Crippen molar-refractivity contribution in [2.45, 2.75) is 33.4 Å². The van der Waals surface area contributed by atoms with Crippen LogP contribution in [0.15, 0.2) is 18.2 Å². The fourth-order valence-corrected chi connectivity index (χ4v) is 1.95. The van der Waals surface area contributed by atoms with Crippen LogP contribution in [0.25, 0.3) is 0 Å². The first-order chi connectivity index (χ1) is 8.95. The fraction of sp³-hybridized carbons (Fsp3) is 0.533. The number of carbonyl (C=O) groups is 1. The number of aryl methyl sites for hydroxylation is 1. The maximum atomic E-state index is 10.9. The van der Waals surface area contributed by atoms with Crippen LogP contribution in [-0.2, 0) is 11.3 Å². The highest BCUT2D eigenvalue weighted by Gasteiger charge is 2.12. The zero-order valence-electron chi connectivity index (χ0n) is 12.1. The number of carboxylic acids is 1. The zero-order chi connectivity index (χ0) is 14.4. The Morgan fingerprint density at radius 3 is 2.58 bits per heavy atom. The first kappa shape index (κ1) is 15.7. The number of nitrogens with zero attached hydrogens (tertiary/aromatic N) is 1. The van der Waals surface area contributed by atoms with Gasteiger partial charge in [0, 0.05) is 26.2 Å². The van der Waals surface area contributed by atoms with Crippen LogP contribution in [-0.4, -0.2) is 42.3 Å². The summed E-state index contributed by atoms with van der Waals surface area (Å²) in [6, 6.07) is 5.72. The number of methoxy groups -OCH3 is 1. The number of hydrogen-bond acceptors (Lipinski definition) is 3. The topological polar surface area (TPSA) is 49.8 Å². The molecule has 0 fully saturated rings. The molecular weight excluding hydrogens is 242 g/mol. The van der Waals surface area contributed by atoms with Crippen LogP contribution in [0.2, 0.25) is 0 Å². The van der Waals surface area contributed by atoms with Crippen LogP contribution < -0.4 is 0 Å². The molecule has 1 N–H and O–H groups in total. The van der Waals surface area contributed by atoms with Crippen molar-refractivity contribution in [2.75, 3.05) is 20.3 Å². The van der Waals surface area contributed by atoms with Crippen molar-refractivity contribution >= 4 is 5.97 Å². The summed E-state index contributed by atoms with van der Waals surface area (Å²) < 4.78 is 5.12. The van der Waals surface area contributed by atoms with E-state index >= 15 is 0 Å². The maximum Gasteiger partial charge on any atom is 0.335 e. The third-order valence-corrected chi connectivity index (χ3v) is 3.28. The molecule has 1 aromatic rings. The van der Waals surface area contributed by atoms with Gasteiger partial charge < -0.3 is 9.84 Å². The van der Waals surface area contributed by atoms with Crippen molar-refractivity contribution < 1.29 is 14.6 Å². The fourth-order valence-electron chi connectivity index (χ4n) is 1.95. The monoisotopic (exact) mass is 265 g/mol. The largest absolute Gasteiger partial charge is 0.478 e. The maximum absolute atomic E-state index is 10.9. The number of rotatable bonds is 7. The van der Waals surface area contributed by atoms with Gasteiger partial charge in [-0.3, -0.25) is 4.90 Å². The van der Waals surface area contributed by atoms with Crippen LogP contribution in [0.4, 0.5) is 0 Å². The Morgan fingerprint density at radius 2 is 2.11 bits per heavy atom. The molecule has 1 aromatic carbocycles. The molecule has 0 saturated heterocycles. The Bertz CT molecular complexity index is 429. The first-order valence-electron chi connectivity index (χ1n) is 6.51. The van der Waals surface area contributed by atoms with Gasteiger partial charge in [-0.1, -0.05) is 6.07 Å². The van der Waals surface area contributed by atoms with Crippen molar-refractivity contribution in [1.82, 2.24) is 4.90 Å². The van der Waals surface area contributed by atoms with Gasteiger partial charge in [0.25, 0.3) is 0 Å². The van der Waals surface area contributed by atoms with E-state index in [2.05, 4.69) is 18.7 Å². The van der Waals surface area contributed by atoms with Gasteiger partial charge in [0.1, 0.15) is 0 Å². The van der Waals surface area contributed by atoms with Crippen molar-refractivity contribution in [3.8, 4) is 0 Å². The van der Waals surface area contributed by atoms with E-state index in [0.717, 1.165) is 24.2 Å². The molecule has 106 valence electrons. The highest BCUT2D eigenvalue weighted by Crippen LogP contribution is 2.15. The Balaban J connectivity index is 2.81. The summed E-state index contributed by atoms with van der Waals surface area (Å²) in [5.74, 6) is -0.880. The lowest BCUT2D eigenvalue weighted by atomic mass is 10.0. The molecule has 0 spiro atoms. The van der Waals surface area contributed by atoms with Crippen molar-refractivity contribution in [3.05, 3.63) is 34.9 Å². The summed E-state index contributed by atoms with van der Waals surface area (Å²) in [6.07, 6.45) is 0. The molecule has 0 unspecified atom stereocenters. The number of benzene rings is 1. The van der Waals surface area contributed by atoms with Crippen LogP contribution in [0.5, 0.6) is 0 Å². The number of aromatic carboxylic acids is 1. The molecule has 0 heterocycles. The molecular formula is C15H23NO3. The van der Waals surface area contributed by atoms with Gasteiger partial charge in [0.05, 0.1) is 12.2 Å². The summed E-state index contributed by atoms with van der Waals surface area (Å²) in [6.45, 7) is 8.63. The SMILES string of the molecule is COCCN(Cc1ccc(C(=O)O)cc1C)C(C)C. The Kier molecular flexibility index (Phi) is 5.99. The minimum absolute atomic E-state index is 0.342. The van der Waals surface area contributed by atoms with Gasteiger partial charge in [-0.05, 0) is 44.0 Å². The second-order valence-electron chi connectivity index (χ2n) is 5.00. The molecule has 19 heavy (non-hydrogen) atoms. The molecule has 0 aromatic heterocycles. The summed E-state index contributed by atoms with van der Waals surface area (Å²) in [4.78, 5) is 13.2. The van der Waals surface area contributed by atoms with E-state index in [-0.39, 0.29) is 0 Å². The van der Waals surface area contributed by atoms with Crippen LogP contribution in [0.1, 0.15) is 35.3 Å². The van der Waals surface area contributed by atoms with Crippen LogP contribution in [0, 0.1) is 6.92 Å². The van der Waals surface area contributed by atoms with E-state index in [0.29, 0.717) is 18.2 Å². The van der Waals surface area contributed by atoms with Crippen molar-refractivity contribution in [3.63, 3.8) is 0 Å². The first-order valence-corrected chi connectivity index (χ1v) is 6.51. The van der Waals surface area contributed by atoms with Gasteiger partial charge in [-0.15, -0.1) is 0 Å². The van der Waals surface area contributed by atoms with Gasteiger partial charge >= 0.3 is 5.97 Å². The Labute approximate surface area is 115 Å². The van der Waals surface area contributed by atoms with Crippen molar-refractivity contribution in [1.29, 1.82) is 0 Å². The van der Waals surface area contributed by atoms with E-state index in [1.54, 1.807) is 19.2 Å². The van der Waals surface area contributed by atoms with Gasteiger partial charge in [-0.25, -0.2) is 4.79 Å². The summed E-state index contributed by atoms with van der Waals surface area (Å²) in [5.41, 5.74) is 2.52. The Hall–Kier alpha value is -1.39. The Morgan fingerprint density at radius 1 is 1.42 bits per heavy atom. The van der Waals surface area contributed by atoms with Crippen molar-refractivity contribution in [2.24, 2.45) is 0 Å². The molecule has 0 aliphatic rings. The van der Waals surface area contributed by atoms with E-state index in [9.17, 15) is 4.79 Å². The van der Waals surface area contributed by atoms with E-state index in [1.807, 2.05) is 13.0 Å². The standard InChI is InChI=1S/C15H23NO3/c1-11(2)16(7-8-19-4)10-14-6-5-13(15(17)18)9-12(14)3/h5-6,9,11H,7-8,10H2,1-4H3,(H,17,18). The zero-order valence-corrected chi connectivity index (χ0v) is 12.1. The average Bonchev–Trinajstić information content (AvgIpc) is 2.35. The highest BCUT2D eigenvalue weighted by molar-refractivity contribution is 5.87. The molecule has 0 amide bonds.